The summed E-state index contributed by atoms with van der Waals surface area (Å²) in [6, 6.07) is 2.17. The Bertz CT molecular complexity index is 299. The highest BCUT2D eigenvalue weighted by Gasteiger charge is 2.33. The van der Waals surface area contributed by atoms with Crippen molar-refractivity contribution in [3.05, 3.63) is 0 Å². The molecule has 0 radical (unpaired) electrons. The molecule has 0 aromatic rings. The van der Waals surface area contributed by atoms with Gasteiger partial charge in [0.25, 0.3) is 0 Å². The average Bonchev–Trinajstić information content (AvgIpc) is 2.83. The predicted molar refractivity (Wildman–Crippen MR) is 84.8 cm³/mol. The smallest absolute Gasteiger partial charge is 0.0235 e. The molecule has 1 saturated carbocycles. The van der Waals surface area contributed by atoms with Crippen LogP contribution in [0.25, 0.3) is 0 Å². The topological polar surface area (TPSA) is 32.5 Å². The summed E-state index contributed by atoms with van der Waals surface area (Å²) in [5, 5.41) is 0. The van der Waals surface area contributed by atoms with Gasteiger partial charge in [0.05, 0.1) is 0 Å². The van der Waals surface area contributed by atoms with Gasteiger partial charge in [0.2, 0.25) is 0 Å². The first kappa shape index (κ1) is 14.8. The van der Waals surface area contributed by atoms with Crippen molar-refractivity contribution in [1.29, 1.82) is 0 Å². The molecule has 3 fully saturated rings. The summed E-state index contributed by atoms with van der Waals surface area (Å²) >= 11 is 0. The quantitative estimate of drug-likeness (QED) is 0.788. The van der Waals surface area contributed by atoms with Gasteiger partial charge < -0.3 is 5.73 Å². The van der Waals surface area contributed by atoms with Crippen molar-refractivity contribution in [2.75, 3.05) is 26.2 Å². The molecule has 20 heavy (non-hydrogen) atoms. The van der Waals surface area contributed by atoms with E-state index in [4.69, 9.17) is 5.73 Å². The standard InChI is InChI=1S/C17H33N3/c1-14-3-2-4-16(6-5-14)20-12-9-17(13-20)19-10-7-15(18)8-11-19/h14-17H,2-13,18H2,1H3. The lowest BCUT2D eigenvalue weighted by molar-refractivity contribution is 0.140. The third-order valence-electron chi connectivity index (χ3n) is 6.03. The fourth-order valence-electron chi connectivity index (χ4n) is 4.52. The van der Waals surface area contributed by atoms with E-state index in [1.54, 1.807) is 0 Å². The van der Waals surface area contributed by atoms with Crippen molar-refractivity contribution < 1.29 is 0 Å². The molecular formula is C17H33N3. The molecule has 0 spiro atoms. The Morgan fingerprint density at radius 2 is 1.50 bits per heavy atom. The highest BCUT2D eigenvalue weighted by atomic mass is 15.3. The summed E-state index contributed by atoms with van der Waals surface area (Å²) in [5.41, 5.74) is 6.03. The first-order valence-corrected chi connectivity index (χ1v) is 8.96. The lowest BCUT2D eigenvalue weighted by Gasteiger charge is -2.35. The van der Waals surface area contributed by atoms with Crippen molar-refractivity contribution in [1.82, 2.24) is 9.80 Å². The van der Waals surface area contributed by atoms with Gasteiger partial charge in [-0.3, -0.25) is 9.80 Å². The maximum Gasteiger partial charge on any atom is 0.0235 e. The molecule has 0 amide bonds. The van der Waals surface area contributed by atoms with E-state index < -0.39 is 0 Å². The van der Waals surface area contributed by atoms with Crippen LogP contribution >= 0.6 is 0 Å². The first-order valence-electron chi connectivity index (χ1n) is 8.96. The zero-order chi connectivity index (χ0) is 13.9. The van der Waals surface area contributed by atoms with Gasteiger partial charge in [0.1, 0.15) is 0 Å². The maximum atomic E-state index is 6.03. The third-order valence-corrected chi connectivity index (χ3v) is 6.03. The Kier molecular flexibility index (Phi) is 5.00. The molecule has 0 bridgehead atoms. The monoisotopic (exact) mass is 279 g/mol. The van der Waals surface area contributed by atoms with Crippen LogP contribution in [-0.2, 0) is 0 Å². The molecule has 0 aromatic carbocycles. The number of hydrogen-bond donors (Lipinski definition) is 1. The Labute approximate surface area is 124 Å². The van der Waals surface area contributed by atoms with Crippen molar-refractivity contribution in [2.24, 2.45) is 11.7 Å². The molecule has 2 saturated heterocycles. The van der Waals surface area contributed by atoms with E-state index >= 15 is 0 Å². The summed E-state index contributed by atoms with van der Waals surface area (Å²) in [7, 11) is 0. The lowest BCUT2D eigenvalue weighted by atomic mass is 10.0. The van der Waals surface area contributed by atoms with Crippen LogP contribution in [-0.4, -0.2) is 54.1 Å². The van der Waals surface area contributed by atoms with Crippen LogP contribution < -0.4 is 5.73 Å². The molecule has 2 aliphatic heterocycles. The van der Waals surface area contributed by atoms with E-state index in [2.05, 4.69) is 16.7 Å². The average molecular weight is 279 g/mol. The summed E-state index contributed by atoms with van der Waals surface area (Å²) < 4.78 is 0. The van der Waals surface area contributed by atoms with Crippen molar-refractivity contribution in [2.45, 2.75) is 76.4 Å². The summed E-state index contributed by atoms with van der Waals surface area (Å²) in [5.74, 6) is 0.960. The molecule has 3 unspecified atom stereocenters. The lowest BCUT2D eigenvalue weighted by Crippen LogP contribution is -2.46. The summed E-state index contributed by atoms with van der Waals surface area (Å²) in [4.78, 5) is 5.54. The van der Waals surface area contributed by atoms with Crippen LogP contribution in [0.5, 0.6) is 0 Å². The molecule has 0 aromatic heterocycles. The van der Waals surface area contributed by atoms with Gasteiger partial charge in [-0.15, -0.1) is 0 Å². The molecule has 3 heteroatoms. The maximum absolute atomic E-state index is 6.03. The van der Waals surface area contributed by atoms with Gasteiger partial charge in [-0.25, -0.2) is 0 Å². The van der Waals surface area contributed by atoms with Gasteiger partial charge in [0, 0.05) is 31.2 Å². The Hall–Kier alpha value is -0.120. The molecule has 3 atom stereocenters. The number of nitrogens with two attached hydrogens (primary N) is 1. The number of rotatable bonds is 2. The molecule has 116 valence electrons. The summed E-state index contributed by atoms with van der Waals surface area (Å²) in [6.45, 7) is 7.58. The molecular weight excluding hydrogens is 246 g/mol. The molecule has 2 heterocycles. The van der Waals surface area contributed by atoms with Crippen LogP contribution in [0.1, 0.15) is 58.3 Å². The van der Waals surface area contributed by atoms with Crippen molar-refractivity contribution in [3.63, 3.8) is 0 Å². The van der Waals surface area contributed by atoms with Crippen LogP contribution in [0.2, 0.25) is 0 Å². The Balaban J connectivity index is 1.49. The second-order valence-electron chi connectivity index (χ2n) is 7.58. The minimum Gasteiger partial charge on any atom is -0.328 e. The van der Waals surface area contributed by atoms with Crippen molar-refractivity contribution >= 4 is 0 Å². The van der Waals surface area contributed by atoms with E-state index in [0.717, 1.165) is 18.0 Å². The molecule has 2 N–H and O–H groups in total. The van der Waals surface area contributed by atoms with Crippen LogP contribution in [0, 0.1) is 5.92 Å². The normalized spacial score (nSPS) is 39.0. The zero-order valence-electron chi connectivity index (χ0n) is 13.3. The Morgan fingerprint density at radius 3 is 2.30 bits per heavy atom. The zero-order valence-corrected chi connectivity index (χ0v) is 13.3. The largest absolute Gasteiger partial charge is 0.328 e. The first-order chi connectivity index (χ1) is 9.72. The van der Waals surface area contributed by atoms with Gasteiger partial charge in [-0.05, 0) is 57.5 Å². The van der Waals surface area contributed by atoms with Gasteiger partial charge in [0.15, 0.2) is 0 Å². The fourth-order valence-corrected chi connectivity index (χ4v) is 4.52. The molecule has 3 nitrogen and oxygen atoms in total. The highest BCUT2D eigenvalue weighted by molar-refractivity contribution is 4.90. The SMILES string of the molecule is CC1CCCC(N2CCC(N3CCC(N)CC3)C2)CC1. The second kappa shape index (κ2) is 6.76. The van der Waals surface area contributed by atoms with Gasteiger partial charge in [-0.1, -0.05) is 19.8 Å². The van der Waals surface area contributed by atoms with Gasteiger partial charge in [-0.2, -0.15) is 0 Å². The van der Waals surface area contributed by atoms with Crippen LogP contribution in [0.3, 0.4) is 0 Å². The van der Waals surface area contributed by atoms with Crippen LogP contribution in [0.4, 0.5) is 0 Å². The predicted octanol–water partition coefficient (Wildman–Crippen LogP) is 2.45. The molecule has 3 aliphatic rings. The molecule has 1 aliphatic carbocycles. The highest BCUT2D eigenvalue weighted by Crippen LogP contribution is 2.29. The number of nitrogens with zero attached hydrogens (tertiary/aromatic N) is 2. The number of likely N-dealkylation sites (tertiary alicyclic amines) is 2. The third kappa shape index (κ3) is 3.55. The second-order valence-corrected chi connectivity index (χ2v) is 7.58. The van der Waals surface area contributed by atoms with Crippen LogP contribution in [0.15, 0.2) is 0 Å². The van der Waals surface area contributed by atoms with E-state index in [9.17, 15) is 0 Å². The van der Waals surface area contributed by atoms with E-state index in [-0.39, 0.29) is 0 Å². The van der Waals surface area contributed by atoms with E-state index in [1.165, 1.54) is 77.5 Å². The summed E-state index contributed by atoms with van der Waals surface area (Å²) in [6.07, 6.45) is 11.0. The minimum absolute atomic E-state index is 0.465. The minimum atomic E-state index is 0.465. The van der Waals surface area contributed by atoms with Gasteiger partial charge >= 0.3 is 0 Å². The number of hydrogen-bond acceptors (Lipinski definition) is 3. The van der Waals surface area contributed by atoms with E-state index in [0.29, 0.717) is 6.04 Å². The fraction of sp³-hybridized carbons (Fsp3) is 1.00. The molecule has 3 rings (SSSR count). The Morgan fingerprint density at radius 1 is 0.750 bits per heavy atom. The van der Waals surface area contributed by atoms with Crippen molar-refractivity contribution in [3.8, 4) is 0 Å². The number of piperidine rings is 1. The van der Waals surface area contributed by atoms with E-state index in [1.807, 2.05) is 0 Å².